The van der Waals surface area contributed by atoms with E-state index in [9.17, 15) is 13.2 Å². The Hall–Kier alpha value is -0.740. The lowest BCUT2D eigenvalue weighted by Crippen LogP contribution is -2.06. The van der Waals surface area contributed by atoms with E-state index in [2.05, 4.69) is 5.32 Å². The molecule has 1 heterocycles. The van der Waals surface area contributed by atoms with E-state index >= 15 is 0 Å². The largest absolute Gasteiger partial charge is 0.416 e. The van der Waals surface area contributed by atoms with Gasteiger partial charge in [0.25, 0.3) is 0 Å². The van der Waals surface area contributed by atoms with Gasteiger partial charge in [-0.1, -0.05) is 11.6 Å². The molecule has 2 rings (SSSR count). The Kier molecular flexibility index (Phi) is 2.20. The van der Waals surface area contributed by atoms with Crippen molar-refractivity contribution in [2.24, 2.45) is 0 Å². The van der Waals surface area contributed by atoms with E-state index in [4.69, 9.17) is 11.6 Å². The smallest absolute Gasteiger partial charge is 0.309 e. The molecule has 0 atom stereocenters. The zero-order chi connectivity index (χ0) is 10.3. The highest BCUT2D eigenvalue weighted by Crippen LogP contribution is 2.35. The standard InChI is InChI=1S/C9H7ClF3N/c10-8-2-6(9(11,12)13)1-5-3-14-4-7(5)8/h1-2,14H,3-4H2. The summed E-state index contributed by atoms with van der Waals surface area (Å²) in [7, 11) is 0. The summed E-state index contributed by atoms with van der Waals surface area (Å²) in [6.45, 7) is 1.01. The summed E-state index contributed by atoms with van der Waals surface area (Å²) in [6, 6.07) is 2.13. The molecule has 1 aromatic rings. The molecule has 0 radical (unpaired) electrons. The maximum atomic E-state index is 12.4. The van der Waals surface area contributed by atoms with Crippen LogP contribution in [-0.2, 0) is 19.3 Å². The molecule has 0 fully saturated rings. The van der Waals surface area contributed by atoms with Crippen LogP contribution in [-0.4, -0.2) is 0 Å². The van der Waals surface area contributed by atoms with Gasteiger partial charge in [0.15, 0.2) is 0 Å². The molecule has 0 aliphatic carbocycles. The molecule has 1 aliphatic rings. The van der Waals surface area contributed by atoms with Gasteiger partial charge >= 0.3 is 6.18 Å². The van der Waals surface area contributed by atoms with E-state index in [1.165, 1.54) is 0 Å². The zero-order valence-corrected chi connectivity index (χ0v) is 7.84. The molecule has 1 aromatic carbocycles. The minimum atomic E-state index is -4.32. The number of halogens is 4. The summed E-state index contributed by atoms with van der Waals surface area (Å²) in [6.07, 6.45) is -4.32. The first-order valence-electron chi connectivity index (χ1n) is 4.07. The fourth-order valence-electron chi connectivity index (χ4n) is 1.54. The van der Waals surface area contributed by atoms with Crippen molar-refractivity contribution in [2.45, 2.75) is 19.3 Å². The minimum Gasteiger partial charge on any atom is -0.309 e. The Morgan fingerprint density at radius 1 is 1.21 bits per heavy atom. The third-order valence-corrected chi connectivity index (χ3v) is 2.57. The predicted octanol–water partition coefficient (Wildman–Crippen LogP) is 2.96. The van der Waals surface area contributed by atoms with Crippen LogP contribution in [0.25, 0.3) is 0 Å². The molecular formula is C9H7ClF3N. The Morgan fingerprint density at radius 2 is 1.93 bits per heavy atom. The molecule has 0 saturated heterocycles. The monoisotopic (exact) mass is 221 g/mol. The van der Waals surface area contributed by atoms with Gasteiger partial charge in [-0.3, -0.25) is 0 Å². The summed E-state index contributed by atoms with van der Waals surface area (Å²) in [5.74, 6) is 0. The van der Waals surface area contributed by atoms with Gasteiger partial charge in [0, 0.05) is 18.1 Å². The number of fused-ring (bicyclic) bond motifs is 1. The number of hydrogen-bond acceptors (Lipinski definition) is 1. The van der Waals surface area contributed by atoms with Gasteiger partial charge in [0.05, 0.1) is 5.56 Å². The quantitative estimate of drug-likeness (QED) is 0.710. The number of rotatable bonds is 0. The van der Waals surface area contributed by atoms with E-state index in [0.717, 1.165) is 17.7 Å². The maximum absolute atomic E-state index is 12.4. The molecule has 0 amide bonds. The van der Waals surface area contributed by atoms with Crippen molar-refractivity contribution in [3.8, 4) is 0 Å². The van der Waals surface area contributed by atoms with Crippen LogP contribution in [0.3, 0.4) is 0 Å². The average molecular weight is 222 g/mol. The fraction of sp³-hybridized carbons (Fsp3) is 0.333. The summed E-state index contributed by atoms with van der Waals surface area (Å²) < 4.78 is 37.1. The second-order valence-corrected chi connectivity index (χ2v) is 3.60. The van der Waals surface area contributed by atoms with Crippen LogP contribution in [0.2, 0.25) is 5.02 Å². The number of alkyl halides is 3. The van der Waals surface area contributed by atoms with Gasteiger partial charge in [0.2, 0.25) is 0 Å². The molecule has 14 heavy (non-hydrogen) atoms. The average Bonchev–Trinajstić information content (AvgIpc) is 2.50. The van der Waals surface area contributed by atoms with E-state index in [0.29, 0.717) is 18.7 Å². The molecule has 1 N–H and O–H groups in total. The second-order valence-electron chi connectivity index (χ2n) is 3.20. The highest BCUT2D eigenvalue weighted by atomic mass is 35.5. The lowest BCUT2D eigenvalue weighted by Gasteiger charge is -2.09. The van der Waals surface area contributed by atoms with Gasteiger partial charge in [-0.2, -0.15) is 13.2 Å². The van der Waals surface area contributed by atoms with Gasteiger partial charge in [-0.25, -0.2) is 0 Å². The molecule has 5 heteroatoms. The predicted molar refractivity (Wildman–Crippen MR) is 47.0 cm³/mol. The van der Waals surface area contributed by atoms with Crippen molar-refractivity contribution in [3.05, 3.63) is 33.8 Å². The van der Waals surface area contributed by atoms with Crippen LogP contribution < -0.4 is 5.32 Å². The minimum absolute atomic E-state index is 0.194. The summed E-state index contributed by atoms with van der Waals surface area (Å²) >= 11 is 5.74. The lowest BCUT2D eigenvalue weighted by atomic mass is 10.1. The second kappa shape index (κ2) is 3.14. The van der Waals surface area contributed by atoms with Crippen molar-refractivity contribution >= 4 is 11.6 Å². The van der Waals surface area contributed by atoms with Crippen LogP contribution in [0.5, 0.6) is 0 Å². The van der Waals surface area contributed by atoms with E-state index < -0.39 is 11.7 Å². The molecule has 0 saturated carbocycles. The topological polar surface area (TPSA) is 12.0 Å². The molecule has 76 valence electrons. The summed E-state index contributed by atoms with van der Waals surface area (Å²) in [5.41, 5.74) is 0.745. The van der Waals surface area contributed by atoms with Crippen LogP contribution in [0.1, 0.15) is 16.7 Å². The lowest BCUT2D eigenvalue weighted by molar-refractivity contribution is -0.137. The van der Waals surface area contributed by atoms with Crippen LogP contribution in [0.4, 0.5) is 13.2 Å². The number of benzene rings is 1. The zero-order valence-electron chi connectivity index (χ0n) is 7.08. The van der Waals surface area contributed by atoms with Gasteiger partial charge in [-0.05, 0) is 23.3 Å². The SMILES string of the molecule is FC(F)(F)c1cc(Cl)c2c(c1)CNC2. The Morgan fingerprint density at radius 3 is 2.57 bits per heavy atom. The third kappa shape index (κ3) is 1.60. The molecule has 0 aromatic heterocycles. The van der Waals surface area contributed by atoms with Crippen LogP contribution in [0, 0.1) is 0 Å². The molecule has 1 nitrogen and oxygen atoms in total. The van der Waals surface area contributed by atoms with Crippen molar-refractivity contribution < 1.29 is 13.2 Å². The highest BCUT2D eigenvalue weighted by Gasteiger charge is 2.32. The molecule has 0 unspecified atom stereocenters. The first-order valence-corrected chi connectivity index (χ1v) is 4.45. The van der Waals surface area contributed by atoms with E-state index in [1.807, 2.05) is 0 Å². The Bertz CT molecular complexity index is 373. The number of nitrogens with one attached hydrogen (secondary N) is 1. The van der Waals surface area contributed by atoms with Crippen molar-refractivity contribution in [3.63, 3.8) is 0 Å². The normalized spacial score (nSPS) is 15.7. The van der Waals surface area contributed by atoms with Gasteiger partial charge < -0.3 is 5.32 Å². The maximum Gasteiger partial charge on any atom is 0.416 e. The Labute approximate surface area is 83.9 Å². The van der Waals surface area contributed by atoms with Gasteiger partial charge in [0.1, 0.15) is 0 Å². The van der Waals surface area contributed by atoms with E-state index in [-0.39, 0.29) is 5.02 Å². The summed E-state index contributed by atoms with van der Waals surface area (Å²) in [5, 5.41) is 3.15. The van der Waals surface area contributed by atoms with Gasteiger partial charge in [-0.15, -0.1) is 0 Å². The molecule has 0 spiro atoms. The van der Waals surface area contributed by atoms with Crippen molar-refractivity contribution in [2.75, 3.05) is 0 Å². The van der Waals surface area contributed by atoms with Crippen molar-refractivity contribution in [1.29, 1.82) is 0 Å². The highest BCUT2D eigenvalue weighted by molar-refractivity contribution is 6.31. The summed E-state index contributed by atoms with van der Waals surface area (Å²) in [4.78, 5) is 0. The molecule has 0 bridgehead atoms. The van der Waals surface area contributed by atoms with Crippen molar-refractivity contribution in [1.82, 2.24) is 5.32 Å². The molecular weight excluding hydrogens is 215 g/mol. The third-order valence-electron chi connectivity index (χ3n) is 2.23. The van der Waals surface area contributed by atoms with Crippen LogP contribution >= 0.6 is 11.6 Å². The fourth-order valence-corrected chi connectivity index (χ4v) is 1.84. The first kappa shape index (κ1) is 9.80. The molecule has 1 aliphatic heterocycles. The first-order chi connectivity index (χ1) is 6.48. The van der Waals surface area contributed by atoms with Crippen LogP contribution in [0.15, 0.2) is 12.1 Å². The van der Waals surface area contributed by atoms with E-state index in [1.54, 1.807) is 0 Å². The number of hydrogen-bond donors (Lipinski definition) is 1. The Balaban J connectivity index is 2.52.